The molecule has 1 aromatic rings. The summed E-state index contributed by atoms with van der Waals surface area (Å²) in [4.78, 5) is 8.33. The van der Waals surface area contributed by atoms with E-state index in [2.05, 4.69) is 29.0 Å². The number of nitrogens with one attached hydrogen (secondary N) is 1. The minimum atomic E-state index is 0.405. The SMILES string of the molecule is CCNC(C)c1cnc(N2CCC(COC)CC2)s1. The third kappa shape index (κ3) is 3.91. The number of hydrogen-bond acceptors (Lipinski definition) is 5. The molecule has 0 spiro atoms. The lowest BCUT2D eigenvalue weighted by Crippen LogP contribution is -2.34. The predicted octanol–water partition coefficient (Wildman–Crippen LogP) is 2.68. The van der Waals surface area contributed by atoms with Crippen molar-refractivity contribution in [2.75, 3.05) is 38.3 Å². The second kappa shape index (κ2) is 7.22. The standard InChI is InChI=1S/C14H25N3OS/c1-4-15-11(2)13-9-16-14(19-13)17-7-5-12(6-8-17)10-18-3/h9,11-12,15H,4-8,10H2,1-3H3. The van der Waals surface area contributed by atoms with Crippen molar-refractivity contribution in [3.8, 4) is 0 Å². The van der Waals surface area contributed by atoms with Crippen LogP contribution in [0.25, 0.3) is 0 Å². The van der Waals surface area contributed by atoms with Crippen LogP contribution in [0.15, 0.2) is 6.20 Å². The van der Waals surface area contributed by atoms with E-state index in [9.17, 15) is 0 Å². The van der Waals surface area contributed by atoms with Gasteiger partial charge >= 0.3 is 0 Å². The highest BCUT2D eigenvalue weighted by atomic mass is 32.1. The smallest absolute Gasteiger partial charge is 0.185 e. The van der Waals surface area contributed by atoms with Crippen molar-refractivity contribution in [3.63, 3.8) is 0 Å². The normalized spacial score (nSPS) is 18.8. The molecule has 1 unspecified atom stereocenters. The van der Waals surface area contributed by atoms with E-state index < -0.39 is 0 Å². The maximum absolute atomic E-state index is 5.24. The minimum absolute atomic E-state index is 0.405. The van der Waals surface area contributed by atoms with Gasteiger partial charge in [0.2, 0.25) is 0 Å². The van der Waals surface area contributed by atoms with Crippen LogP contribution in [0.1, 0.15) is 37.6 Å². The molecule has 0 saturated carbocycles. The van der Waals surface area contributed by atoms with Gasteiger partial charge in [0.25, 0.3) is 0 Å². The molecular formula is C14H25N3OS. The monoisotopic (exact) mass is 283 g/mol. The summed E-state index contributed by atoms with van der Waals surface area (Å²) in [6, 6.07) is 0.405. The highest BCUT2D eigenvalue weighted by molar-refractivity contribution is 7.15. The number of ether oxygens (including phenoxy) is 1. The molecule has 1 fully saturated rings. The van der Waals surface area contributed by atoms with Crippen LogP contribution in [0.4, 0.5) is 5.13 Å². The number of piperidine rings is 1. The second-order valence-electron chi connectivity index (χ2n) is 5.21. The molecule has 0 amide bonds. The molecule has 2 heterocycles. The van der Waals surface area contributed by atoms with Crippen LogP contribution in [0.2, 0.25) is 0 Å². The Hall–Kier alpha value is -0.650. The van der Waals surface area contributed by atoms with Gasteiger partial charge in [-0.1, -0.05) is 6.92 Å². The number of anilines is 1. The lowest BCUT2D eigenvalue weighted by Gasteiger charge is -2.31. The summed E-state index contributed by atoms with van der Waals surface area (Å²) in [6.07, 6.45) is 4.45. The largest absolute Gasteiger partial charge is 0.384 e. The van der Waals surface area contributed by atoms with Gasteiger partial charge in [-0.25, -0.2) is 4.98 Å². The molecule has 0 bridgehead atoms. The molecule has 1 atom stereocenters. The molecule has 5 heteroatoms. The minimum Gasteiger partial charge on any atom is -0.384 e. The molecule has 2 rings (SSSR count). The van der Waals surface area contributed by atoms with Crippen molar-refractivity contribution in [1.29, 1.82) is 0 Å². The fourth-order valence-corrected chi connectivity index (χ4v) is 3.55. The van der Waals surface area contributed by atoms with Crippen molar-refractivity contribution >= 4 is 16.5 Å². The van der Waals surface area contributed by atoms with Crippen LogP contribution in [0, 0.1) is 5.92 Å². The molecule has 1 saturated heterocycles. The summed E-state index contributed by atoms with van der Waals surface area (Å²) in [5.74, 6) is 0.723. The average Bonchev–Trinajstić information content (AvgIpc) is 2.90. The summed E-state index contributed by atoms with van der Waals surface area (Å²) in [5.41, 5.74) is 0. The van der Waals surface area contributed by atoms with E-state index in [1.165, 1.54) is 22.9 Å². The molecule has 1 aromatic heterocycles. The van der Waals surface area contributed by atoms with E-state index in [-0.39, 0.29) is 0 Å². The molecule has 108 valence electrons. The number of hydrogen-bond donors (Lipinski definition) is 1. The van der Waals surface area contributed by atoms with E-state index in [4.69, 9.17) is 4.74 Å². The molecule has 4 nitrogen and oxygen atoms in total. The molecular weight excluding hydrogens is 258 g/mol. The second-order valence-corrected chi connectivity index (χ2v) is 6.25. The fraction of sp³-hybridized carbons (Fsp3) is 0.786. The van der Waals surface area contributed by atoms with E-state index >= 15 is 0 Å². The Morgan fingerprint density at radius 2 is 2.26 bits per heavy atom. The molecule has 0 aliphatic carbocycles. The van der Waals surface area contributed by atoms with Gasteiger partial charge in [-0.2, -0.15) is 0 Å². The first-order chi connectivity index (χ1) is 9.24. The molecule has 0 radical (unpaired) electrons. The van der Waals surface area contributed by atoms with E-state index in [0.29, 0.717) is 6.04 Å². The Balaban J connectivity index is 1.89. The average molecular weight is 283 g/mol. The van der Waals surface area contributed by atoms with Crippen LogP contribution in [0.5, 0.6) is 0 Å². The Morgan fingerprint density at radius 1 is 1.53 bits per heavy atom. The van der Waals surface area contributed by atoms with Gasteiger partial charge in [0.1, 0.15) is 0 Å². The maximum Gasteiger partial charge on any atom is 0.185 e. The number of nitrogens with zero attached hydrogens (tertiary/aromatic N) is 2. The molecule has 19 heavy (non-hydrogen) atoms. The van der Waals surface area contributed by atoms with Crippen LogP contribution in [-0.2, 0) is 4.74 Å². The van der Waals surface area contributed by atoms with E-state index in [0.717, 1.165) is 32.2 Å². The van der Waals surface area contributed by atoms with Gasteiger partial charge in [-0.15, -0.1) is 11.3 Å². The molecule has 0 aromatic carbocycles. The van der Waals surface area contributed by atoms with Crippen molar-refractivity contribution in [1.82, 2.24) is 10.3 Å². The number of aromatic nitrogens is 1. The Morgan fingerprint density at radius 3 is 2.89 bits per heavy atom. The van der Waals surface area contributed by atoms with Gasteiger partial charge in [-0.05, 0) is 32.2 Å². The summed E-state index contributed by atoms with van der Waals surface area (Å²) in [5, 5.41) is 4.61. The summed E-state index contributed by atoms with van der Waals surface area (Å²) >= 11 is 1.82. The van der Waals surface area contributed by atoms with Crippen LogP contribution in [0.3, 0.4) is 0 Å². The quantitative estimate of drug-likeness (QED) is 0.871. The highest BCUT2D eigenvalue weighted by Gasteiger charge is 2.21. The Kier molecular flexibility index (Phi) is 5.60. The zero-order valence-corrected chi connectivity index (χ0v) is 13.0. The van der Waals surface area contributed by atoms with Gasteiger partial charge in [-0.3, -0.25) is 0 Å². The summed E-state index contributed by atoms with van der Waals surface area (Å²) < 4.78 is 5.24. The van der Waals surface area contributed by atoms with Crippen LogP contribution < -0.4 is 10.2 Å². The third-order valence-electron chi connectivity index (χ3n) is 3.74. The zero-order chi connectivity index (χ0) is 13.7. The summed E-state index contributed by atoms with van der Waals surface area (Å²) in [6.45, 7) is 8.45. The van der Waals surface area contributed by atoms with Crippen molar-refractivity contribution in [2.24, 2.45) is 5.92 Å². The Bertz CT molecular complexity index is 375. The van der Waals surface area contributed by atoms with Gasteiger partial charge in [0.15, 0.2) is 5.13 Å². The van der Waals surface area contributed by atoms with E-state index in [1.807, 2.05) is 17.5 Å². The fourth-order valence-electron chi connectivity index (χ4n) is 2.56. The van der Waals surface area contributed by atoms with Gasteiger partial charge < -0.3 is 15.0 Å². The predicted molar refractivity (Wildman–Crippen MR) is 81.0 cm³/mol. The molecule has 1 aliphatic rings. The van der Waals surface area contributed by atoms with Crippen LogP contribution in [-0.4, -0.2) is 38.3 Å². The first kappa shape index (κ1) is 14.8. The topological polar surface area (TPSA) is 37.4 Å². The lowest BCUT2D eigenvalue weighted by atomic mass is 9.98. The zero-order valence-electron chi connectivity index (χ0n) is 12.2. The third-order valence-corrected chi connectivity index (χ3v) is 4.98. The highest BCUT2D eigenvalue weighted by Crippen LogP contribution is 2.30. The number of thiazole rings is 1. The number of methoxy groups -OCH3 is 1. The first-order valence-electron chi connectivity index (χ1n) is 7.17. The van der Waals surface area contributed by atoms with Crippen molar-refractivity contribution in [3.05, 3.63) is 11.1 Å². The van der Waals surface area contributed by atoms with Gasteiger partial charge in [0, 0.05) is 43.9 Å². The van der Waals surface area contributed by atoms with Gasteiger partial charge in [0.05, 0.1) is 0 Å². The Labute approximate surface area is 120 Å². The summed E-state index contributed by atoms with van der Waals surface area (Å²) in [7, 11) is 1.79. The molecule has 1 N–H and O–H groups in total. The molecule has 1 aliphatic heterocycles. The lowest BCUT2D eigenvalue weighted by molar-refractivity contribution is 0.139. The van der Waals surface area contributed by atoms with Crippen LogP contribution >= 0.6 is 11.3 Å². The maximum atomic E-state index is 5.24. The number of rotatable bonds is 6. The van der Waals surface area contributed by atoms with E-state index in [1.54, 1.807) is 7.11 Å². The van der Waals surface area contributed by atoms with Crippen molar-refractivity contribution in [2.45, 2.75) is 32.7 Å². The first-order valence-corrected chi connectivity index (χ1v) is 7.99. The van der Waals surface area contributed by atoms with Crippen molar-refractivity contribution < 1.29 is 4.74 Å².